The molecule has 6 heteroatoms. The Hall–Kier alpha value is -1.61. The van der Waals surface area contributed by atoms with E-state index in [2.05, 4.69) is 16.4 Å². The molecule has 0 spiro atoms. The molecule has 0 aliphatic carbocycles. The largest absolute Gasteiger partial charge is 0.364 e. The number of nitriles is 1. The van der Waals surface area contributed by atoms with Crippen LogP contribution >= 0.6 is 11.3 Å². The highest BCUT2D eigenvalue weighted by atomic mass is 32.1. The summed E-state index contributed by atoms with van der Waals surface area (Å²) in [4.78, 5) is 14.6. The first kappa shape index (κ1) is 10.5. The number of anilines is 1. The van der Waals surface area contributed by atoms with Crippen molar-refractivity contribution in [3.63, 3.8) is 0 Å². The molecule has 1 aromatic heterocycles. The van der Waals surface area contributed by atoms with Gasteiger partial charge in [-0.1, -0.05) is 0 Å². The van der Waals surface area contributed by atoms with Crippen molar-refractivity contribution in [3.05, 3.63) is 11.1 Å². The summed E-state index contributed by atoms with van der Waals surface area (Å²) in [6, 6.07) is 2.09. The lowest BCUT2D eigenvalue weighted by molar-refractivity contribution is 0.0996. The molecule has 1 atom stereocenters. The Morgan fingerprint density at radius 1 is 1.93 bits per heavy atom. The minimum absolute atomic E-state index is 0.0871. The topological polar surface area (TPSA) is 91.8 Å². The van der Waals surface area contributed by atoms with Gasteiger partial charge in [0.15, 0.2) is 5.13 Å². The van der Waals surface area contributed by atoms with Crippen LogP contribution in [-0.4, -0.2) is 17.4 Å². The standard InChI is InChI=1S/C8H10N4OS/c1-5(2-9)3-11-8-12-6(4-14-8)7(10)13/h4-5H,3H2,1H3,(H2,10,13)(H,11,12). The van der Waals surface area contributed by atoms with E-state index in [9.17, 15) is 4.79 Å². The smallest absolute Gasteiger partial charge is 0.268 e. The SMILES string of the molecule is CC(C#N)CNc1nc(C(N)=O)cs1. The molecule has 1 aromatic rings. The quantitative estimate of drug-likeness (QED) is 0.769. The first-order valence-electron chi connectivity index (χ1n) is 4.02. The summed E-state index contributed by atoms with van der Waals surface area (Å²) in [5.41, 5.74) is 5.29. The van der Waals surface area contributed by atoms with Gasteiger partial charge in [-0.05, 0) is 6.92 Å². The normalized spacial score (nSPS) is 11.7. The van der Waals surface area contributed by atoms with Crippen molar-refractivity contribution in [3.8, 4) is 6.07 Å². The molecule has 5 nitrogen and oxygen atoms in total. The van der Waals surface area contributed by atoms with Crippen LogP contribution in [0.2, 0.25) is 0 Å². The van der Waals surface area contributed by atoms with Gasteiger partial charge in [0, 0.05) is 11.9 Å². The number of carbonyl (C=O) groups excluding carboxylic acids is 1. The zero-order valence-corrected chi connectivity index (χ0v) is 8.47. The summed E-state index contributed by atoms with van der Waals surface area (Å²) in [5.74, 6) is -0.626. The van der Waals surface area contributed by atoms with Crippen LogP contribution in [0.1, 0.15) is 17.4 Å². The third-order valence-electron chi connectivity index (χ3n) is 1.54. The summed E-state index contributed by atoms with van der Waals surface area (Å²) >= 11 is 1.30. The predicted molar refractivity (Wildman–Crippen MR) is 53.9 cm³/mol. The van der Waals surface area contributed by atoms with E-state index in [0.29, 0.717) is 11.7 Å². The Balaban J connectivity index is 2.53. The maximum atomic E-state index is 10.7. The van der Waals surface area contributed by atoms with Crippen molar-refractivity contribution in [2.45, 2.75) is 6.92 Å². The van der Waals surface area contributed by atoms with E-state index in [1.165, 1.54) is 11.3 Å². The average Bonchev–Trinajstić information content (AvgIpc) is 2.62. The monoisotopic (exact) mass is 210 g/mol. The number of nitrogens with zero attached hydrogens (tertiary/aromatic N) is 2. The number of hydrogen-bond donors (Lipinski definition) is 2. The van der Waals surface area contributed by atoms with Gasteiger partial charge in [-0.25, -0.2) is 4.98 Å². The number of hydrogen-bond acceptors (Lipinski definition) is 5. The second-order valence-corrected chi connectivity index (χ2v) is 3.67. The number of rotatable bonds is 4. The van der Waals surface area contributed by atoms with Crippen molar-refractivity contribution in [1.29, 1.82) is 5.26 Å². The van der Waals surface area contributed by atoms with Crippen LogP contribution in [0, 0.1) is 17.2 Å². The van der Waals surface area contributed by atoms with Gasteiger partial charge in [0.05, 0.1) is 12.0 Å². The first-order valence-corrected chi connectivity index (χ1v) is 4.90. The summed E-state index contributed by atoms with van der Waals surface area (Å²) in [5, 5.41) is 13.7. The minimum Gasteiger partial charge on any atom is -0.364 e. The Kier molecular flexibility index (Phi) is 3.42. The van der Waals surface area contributed by atoms with E-state index in [-0.39, 0.29) is 11.6 Å². The molecular weight excluding hydrogens is 200 g/mol. The van der Waals surface area contributed by atoms with Gasteiger partial charge in [-0.2, -0.15) is 5.26 Å². The molecule has 1 amide bonds. The minimum atomic E-state index is -0.539. The summed E-state index contributed by atoms with van der Waals surface area (Å²) in [7, 11) is 0. The van der Waals surface area contributed by atoms with E-state index >= 15 is 0 Å². The van der Waals surface area contributed by atoms with E-state index < -0.39 is 5.91 Å². The lowest BCUT2D eigenvalue weighted by Crippen LogP contribution is -2.12. The molecule has 0 saturated carbocycles. The number of primary amides is 1. The van der Waals surface area contributed by atoms with Crippen molar-refractivity contribution in [2.24, 2.45) is 11.7 Å². The maximum absolute atomic E-state index is 10.7. The lowest BCUT2D eigenvalue weighted by Gasteiger charge is -2.02. The molecule has 74 valence electrons. The van der Waals surface area contributed by atoms with Crippen LogP contribution < -0.4 is 11.1 Å². The summed E-state index contributed by atoms with van der Waals surface area (Å²) in [6.07, 6.45) is 0. The van der Waals surface area contributed by atoms with Gasteiger partial charge in [0.2, 0.25) is 0 Å². The van der Waals surface area contributed by atoms with Crippen LogP contribution in [0.5, 0.6) is 0 Å². The van der Waals surface area contributed by atoms with E-state index in [1.807, 2.05) is 0 Å². The van der Waals surface area contributed by atoms with Crippen LogP contribution in [0.4, 0.5) is 5.13 Å². The number of nitrogens with two attached hydrogens (primary N) is 1. The average molecular weight is 210 g/mol. The summed E-state index contributed by atoms with van der Waals surface area (Å²) in [6.45, 7) is 2.32. The van der Waals surface area contributed by atoms with E-state index in [0.717, 1.165) is 0 Å². The highest BCUT2D eigenvalue weighted by Crippen LogP contribution is 2.15. The molecule has 0 aliphatic rings. The predicted octanol–water partition coefficient (Wildman–Crippen LogP) is 0.814. The fraction of sp³-hybridized carbons (Fsp3) is 0.375. The van der Waals surface area contributed by atoms with Crippen molar-refractivity contribution >= 4 is 22.4 Å². The zero-order valence-electron chi connectivity index (χ0n) is 7.65. The van der Waals surface area contributed by atoms with Gasteiger partial charge >= 0.3 is 0 Å². The Morgan fingerprint density at radius 2 is 2.64 bits per heavy atom. The number of amides is 1. The Morgan fingerprint density at radius 3 is 3.14 bits per heavy atom. The van der Waals surface area contributed by atoms with Crippen LogP contribution in [-0.2, 0) is 0 Å². The van der Waals surface area contributed by atoms with Crippen molar-refractivity contribution in [1.82, 2.24) is 4.98 Å². The molecule has 0 aromatic carbocycles. The number of carbonyl (C=O) groups is 1. The Labute approximate surface area is 85.6 Å². The van der Waals surface area contributed by atoms with Crippen LogP contribution in [0.15, 0.2) is 5.38 Å². The van der Waals surface area contributed by atoms with Crippen molar-refractivity contribution < 1.29 is 4.79 Å². The third-order valence-corrected chi connectivity index (χ3v) is 2.34. The fourth-order valence-electron chi connectivity index (χ4n) is 0.754. The van der Waals surface area contributed by atoms with E-state index in [1.54, 1.807) is 12.3 Å². The van der Waals surface area contributed by atoms with E-state index in [4.69, 9.17) is 11.0 Å². The van der Waals surface area contributed by atoms with Gasteiger partial charge < -0.3 is 11.1 Å². The highest BCUT2D eigenvalue weighted by Gasteiger charge is 2.07. The van der Waals surface area contributed by atoms with Gasteiger partial charge in [-0.15, -0.1) is 11.3 Å². The molecule has 0 fully saturated rings. The number of thiazole rings is 1. The second-order valence-electron chi connectivity index (χ2n) is 2.81. The molecule has 0 saturated heterocycles. The highest BCUT2D eigenvalue weighted by molar-refractivity contribution is 7.13. The zero-order chi connectivity index (χ0) is 10.6. The molecule has 1 heterocycles. The number of aromatic nitrogens is 1. The molecule has 3 N–H and O–H groups in total. The molecule has 1 rings (SSSR count). The first-order chi connectivity index (χ1) is 6.63. The molecule has 0 bridgehead atoms. The summed E-state index contributed by atoms with van der Waals surface area (Å²) < 4.78 is 0. The molecule has 0 aliphatic heterocycles. The fourth-order valence-corrected chi connectivity index (χ4v) is 1.46. The third kappa shape index (κ3) is 2.71. The lowest BCUT2D eigenvalue weighted by atomic mass is 10.2. The second kappa shape index (κ2) is 4.58. The van der Waals surface area contributed by atoms with Crippen LogP contribution in [0.3, 0.4) is 0 Å². The number of nitrogens with one attached hydrogen (secondary N) is 1. The molecular formula is C8H10N4OS. The molecule has 14 heavy (non-hydrogen) atoms. The van der Waals surface area contributed by atoms with Gasteiger partial charge in [0.25, 0.3) is 5.91 Å². The Bertz CT molecular complexity index is 368. The van der Waals surface area contributed by atoms with Gasteiger partial charge in [-0.3, -0.25) is 4.79 Å². The van der Waals surface area contributed by atoms with Gasteiger partial charge in [0.1, 0.15) is 5.69 Å². The maximum Gasteiger partial charge on any atom is 0.268 e. The molecule has 0 radical (unpaired) electrons. The molecule has 1 unspecified atom stereocenters. The van der Waals surface area contributed by atoms with Crippen LogP contribution in [0.25, 0.3) is 0 Å². The van der Waals surface area contributed by atoms with Crippen molar-refractivity contribution in [2.75, 3.05) is 11.9 Å².